The van der Waals surface area contributed by atoms with Crippen molar-refractivity contribution in [2.75, 3.05) is 0 Å². The molecule has 424 valence electrons. The van der Waals surface area contributed by atoms with Gasteiger partial charge in [0.2, 0.25) is 5.24 Å². The van der Waals surface area contributed by atoms with E-state index in [9.17, 15) is 24.6 Å². The maximum Gasteiger partial charge on any atom is 0.311 e. The van der Waals surface area contributed by atoms with Gasteiger partial charge in [-0.25, -0.2) is 0 Å². The fourth-order valence-electron chi connectivity index (χ4n) is 23.9. The summed E-state index contributed by atoms with van der Waals surface area (Å²) in [6.07, 6.45) is 30.4. The van der Waals surface area contributed by atoms with Crippen molar-refractivity contribution in [3.63, 3.8) is 0 Å². The van der Waals surface area contributed by atoms with E-state index in [-0.39, 0.29) is 17.2 Å². The van der Waals surface area contributed by atoms with Gasteiger partial charge in [0.25, 0.3) is 0 Å². The Kier molecular flexibility index (Phi) is 12.8. The third kappa shape index (κ3) is 7.77. The van der Waals surface area contributed by atoms with Crippen molar-refractivity contribution in [2.24, 2.45) is 69.0 Å². The van der Waals surface area contributed by atoms with Crippen molar-refractivity contribution in [3.8, 4) is 23.0 Å². The van der Waals surface area contributed by atoms with Gasteiger partial charge in [0, 0.05) is 19.3 Å². The van der Waals surface area contributed by atoms with E-state index < -0.39 is 0 Å². The molecule has 0 radical (unpaired) electrons. The molecule has 18 fully saturated rings. The SMILES string of the molecule is CCCCCC(=O)Cl.CCCCCC(=O)Oc1ccc(C23CC4C56CC7(c8ccc(OC(=O)CCCCC)cc8)CC([C@H]5C2)[C@@H](C3)C4(C7)C6)cc1.Oc1ccc(C23CC4C56CC7(c8ccc(O)cc8)CC([C@H]5C2)[C@@H](C3)C4(C7)C6)cc1. The number of hydrogen-bond acceptors (Lipinski definition) is 7. The zero-order valence-electron chi connectivity index (χ0n) is 48.1. The standard InChI is InChI=1S/C39H48O4.C27H28O2.C6H11ClO/c1-3-5-7-9-34(40)42-28-15-11-26(12-16-28)36-20-31-30-19-37(23-38(31)25-39(24-37,32(30)21-36)33(38)22-36)27-13-17-29(18-14-27)43-35(41)10-8-6-4-2;28-18-5-1-16(2-6-18)24-10-21-20-9-25(17-3-7-19(29)8-4-17)13-26(21)15-27(14-25,22(20)11-24)23(26)12-24;1-2-3-4-5-6(7)8/h11-18,30-33H,3-10,19-25H2,1-2H3;1-8,20-23,28-29H,9-15H2;2-5H2,1H3/t30?,31-,32-,33?,36?,37?,38?,39?;20?,21-,22-,23?,24?,25?,26?,27?;/m11./s1. The Labute approximate surface area is 481 Å². The molecule has 4 aromatic rings. The molecule has 16 bridgehead atoms. The Morgan fingerprint density at radius 1 is 0.412 bits per heavy atom. The van der Waals surface area contributed by atoms with Crippen LogP contribution in [0.4, 0.5) is 0 Å². The first-order valence-corrected chi connectivity index (χ1v) is 32.4. The second kappa shape index (κ2) is 19.2. The minimum absolute atomic E-state index is 0.102. The Bertz CT molecular complexity index is 2940. The quantitative estimate of drug-likeness (QED) is 0.0442. The van der Waals surface area contributed by atoms with E-state index in [0.29, 0.717) is 85.6 Å². The average Bonchev–Trinajstić information content (AvgIpc) is 0.874. The molecule has 0 aliphatic heterocycles. The third-order valence-electron chi connectivity index (χ3n) is 26.0. The van der Waals surface area contributed by atoms with Gasteiger partial charge in [-0.2, -0.15) is 0 Å². The van der Waals surface area contributed by atoms with Crippen LogP contribution in [0.1, 0.15) is 210 Å². The van der Waals surface area contributed by atoms with E-state index in [0.717, 1.165) is 105 Å². The first-order chi connectivity index (χ1) is 38.6. The van der Waals surface area contributed by atoms with Gasteiger partial charge in [0.1, 0.15) is 23.0 Å². The second-order valence-corrected chi connectivity index (χ2v) is 29.8. The van der Waals surface area contributed by atoms with Crippen LogP contribution in [0.5, 0.6) is 23.0 Å². The zero-order valence-corrected chi connectivity index (χ0v) is 48.8. The molecule has 8 heteroatoms. The van der Waals surface area contributed by atoms with Gasteiger partial charge in [0.05, 0.1) is 0 Å². The van der Waals surface area contributed by atoms with Crippen molar-refractivity contribution in [1.29, 1.82) is 0 Å². The number of phenols is 2. The molecule has 4 spiro atoms. The number of halogens is 1. The molecule has 0 amide bonds. The number of carbonyl (C=O) groups excluding carboxylic acids is 3. The number of esters is 2. The number of hydrogen-bond donors (Lipinski definition) is 2. The third-order valence-corrected chi connectivity index (χ3v) is 26.2. The van der Waals surface area contributed by atoms with Crippen molar-refractivity contribution in [2.45, 2.75) is 209 Å². The van der Waals surface area contributed by atoms with Crippen LogP contribution in [-0.2, 0) is 36.0 Å². The van der Waals surface area contributed by atoms with E-state index in [1.807, 2.05) is 24.3 Å². The largest absolute Gasteiger partial charge is 0.508 e. The van der Waals surface area contributed by atoms with E-state index in [1.165, 1.54) is 112 Å². The van der Waals surface area contributed by atoms with E-state index in [1.54, 1.807) is 0 Å². The van der Waals surface area contributed by atoms with Crippen molar-refractivity contribution >= 4 is 28.8 Å². The number of benzene rings is 4. The van der Waals surface area contributed by atoms with Crippen LogP contribution < -0.4 is 9.47 Å². The zero-order chi connectivity index (χ0) is 55.1. The highest BCUT2D eigenvalue weighted by Gasteiger charge is 2.88. The van der Waals surface area contributed by atoms with E-state index in [2.05, 4.69) is 93.6 Å². The van der Waals surface area contributed by atoms with Crippen LogP contribution in [0.2, 0.25) is 0 Å². The molecule has 0 heterocycles. The Morgan fingerprint density at radius 3 is 1.05 bits per heavy atom. The van der Waals surface area contributed by atoms with Gasteiger partial charge in [-0.3, -0.25) is 14.4 Å². The summed E-state index contributed by atoms with van der Waals surface area (Å²) in [7, 11) is 0. The minimum atomic E-state index is -0.210. The van der Waals surface area contributed by atoms with Crippen LogP contribution >= 0.6 is 11.6 Å². The summed E-state index contributed by atoms with van der Waals surface area (Å²) in [5, 5.41) is 19.4. The minimum Gasteiger partial charge on any atom is -0.508 e. The van der Waals surface area contributed by atoms with Gasteiger partial charge in [-0.1, -0.05) is 108 Å². The molecule has 18 aliphatic rings. The molecular weight excluding hydrogens is 1010 g/mol. The summed E-state index contributed by atoms with van der Waals surface area (Å²) in [5.41, 5.74) is 9.70. The Hall–Kier alpha value is -4.62. The summed E-state index contributed by atoms with van der Waals surface area (Å²) in [6, 6.07) is 34.0. The molecule has 80 heavy (non-hydrogen) atoms. The normalized spacial score (nSPS) is 40.5. The number of ether oxygens (including phenoxy) is 2. The Morgan fingerprint density at radius 2 is 0.725 bits per heavy atom. The van der Waals surface area contributed by atoms with Crippen molar-refractivity contribution in [3.05, 3.63) is 119 Å². The number of phenolic OH excluding ortho intramolecular Hbond substituents is 2. The van der Waals surface area contributed by atoms with Crippen molar-refractivity contribution in [1.82, 2.24) is 0 Å². The maximum absolute atomic E-state index is 12.3. The van der Waals surface area contributed by atoms with Gasteiger partial charge in [-0.15, -0.1) is 0 Å². The number of aromatic hydroxyl groups is 2. The highest BCUT2D eigenvalue weighted by Crippen LogP contribution is 2.95. The second-order valence-electron chi connectivity index (χ2n) is 29.4. The molecule has 0 aromatic heterocycles. The van der Waals surface area contributed by atoms with Gasteiger partial charge >= 0.3 is 11.9 Å². The lowest BCUT2D eigenvalue weighted by Crippen LogP contribution is -2.85. The van der Waals surface area contributed by atoms with Crippen LogP contribution in [0.25, 0.3) is 0 Å². The predicted molar refractivity (Wildman–Crippen MR) is 313 cm³/mol. The maximum atomic E-state index is 12.3. The summed E-state index contributed by atoms with van der Waals surface area (Å²) < 4.78 is 11.4. The summed E-state index contributed by atoms with van der Waals surface area (Å²) in [4.78, 5) is 34.6. The lowest BCUT2D eigenvalue weighted by Gasteiger charge is -2.91. The first-order valence-electron chi connectivity index (χ1n) is 32.0. The molecule has 2 N–H and O–H groups in total. The number of unbranched alkanes of at least 4 members (excludes halogenated alkanes) is 6. The molecular formula is C72H87ClO7. The molecule has 22 rings (SSSR count). The van der Waals surface area contributed by atoms with Crippen LogP contribution in [0.15, 0.2) is 97.1 Å². The topological polar surface area (TPSA) is 110 Å². The molecule has 18 aliphatic carbocycles. The lowest BCUT2D eigenvalue weighted by atomic mass is 9.13. The highest BCUT2D eigenvalue weighted by molar-refractivity contribution is 6.63. The highest BCUT2D eigenvalue weighted by atomic mass is 35.5. The van der Waals surface area contributed by atoms with Gasteiger partial charge < -0.3 is 19.7 Å². The summed E-state index contributed by atoms with van der Waals surface area (Å²) in [5.74, 6) is 9.14. The fourth-order valence-corrected chi connectivity index (χ4v) is 24.1. The predicted octanol–water partition coefficient (Wildman–Crippen LogP) is 16.9. The van der Waals surface area contributed by atoms with Crippen LogP contribution in [-0.4, -0.2) is 27.4 Å². The van der Waals surface area contributed by atoms with Gasteiger partial charge in [-0.05, 0) is 282 Å². The van der Waals surface area contributed by atoms with E-state index in [4.69, 9.17) is 21.1 Å². The monoisotopic (exact) mass is 1100 g/mol. The molecule has 4 aromatic carbocycles. The van der Waals surface area contributed by atoms with Crippen molar-refractivity contribution < 1.29 is 34.1 Å². The molecule has 0 saturated heterocycles. The smallest absolute Gasteiger partial charge is 0.311 e. The number of carbonyl (C=O) groups is 3. The first kappa shape index (κ1) is 53.4. The fraction of sp³-hybridized carbons (Fsp3) is 0.625. The van der Waals surface area contributed by atoms with Gasteiger partial charge in [0.15, 0.2) is 0 Å². The summed E-state index contributed by atoms with van der Waals surface area (Å²) >= 11 is 5.07. The molecule has 8 atom stereocenters. The van der Waals surface area contributed by atoms with E-state index >= 15 is 0 Å². The lowest BCUT2D eigenvalue weighted by molar-refractivity contribution is -0.399. The summed E-state index contributed by atoms with van der Waals surface area (Å²) in [6.45, 7) is 6.41. The number of rotatable bonds is 18. The molecule has 18 saturated carbocycles. The Balaban J connectivity index is 0.000000134. The van der Waals surface area contributed by atoms with Crippen LogP contribution in [0.3, 0.4) is 0 Å². The molecule has 7 nitrogen and oxygen atoms in total. The molecule has 4 unspecified atom stereocenters. The van der Waals surface area contributed by atoms with Crippen LogP contribution in [0, 0.1) is 69.0 Å². The average molecular weight is 1100 g/mol.